The second kappa shape index (κ2) is 6.27. The Labute approximate surface area is 106 Å². The van der Waals surface area contributed by atoms with Crippen molar-refractivity contribution in [2.45, 2.75) is 6.92 Å². The van der Waals surface area contributed by atoms with Crippen LogP contribution in [-0.4, -0.2) is 30.9 Å². The monoisotopic (exact) mass is 242 g/mol. The van der Waals surface area contributed by atoms with Crippen molar-refractivity contribution in [1.29, 1.82) is 10.5 Å². The van der Waals surface area contributed by atoms with Gasteiger partial charge in [0.2, 0.25) is 5.91 Å². The number of hydrogen-bond donors (Lipinski definition) is 1. The maximum Gasteiger partial charge on any atom is 0.241 e. The van der Waals surface area contributed by atoms with E-state index in [1.54, 1.807) is 30.1 Å². The maximum absolute atomic E-state index is 11.6. The number of nitrogens with one attached hydrogen (secondary N) is 1. The molecule has 0 spiro atoms. The first-order valence-corrected chi connectivity index (χ1v) is 5.54. The van der Waals surface area contributed by atoms with Crippen molar-refractivity contribution >= 4 is 11.6 Å². The molecule has 0 fully saturated rings. The number of hydrogen-bond acceptors (Lipinski definition) is 4. The van der Waals surface area contributed by atoms with Gasteiger partial charge in [-0.05, 0) is 25.1 Å². The number of likely N-dealkylation sites (N-methyl/N-ethyl adjacent to an activating group) is 1. The van der Waals surface area contributed by atoms with E-state index in [0.29, 0.717) is 23.4 Å². The standard InChI is InChI=1S/C13H14N4O/c1-3-17(2)13(18)9-16-12-5-4-10(7-14)11(6-12)8-15/h4-6,16H,3,9H2,1-2H3. The molecular formula is C13H14N4O. The average Bonchev–Trinajstić information content (AvgIpc) is 2.43. The van der Waals surface area contributed by atoms with E-state index >= 15 is 0 Å². The highest BCUT2D eigenvalue weighted by Crippen LogP contribution is 2.14. The molecule has 5 heteroatoms. The first-order chi connectivity index (χ1) is 8.62. The summed E-state index contributed by atoms with van der Waals surface area (Å²) < 4.78 is 0. The fraction of sp³-hybridized carbons (Fsp3) is 0.308. The van der Waals surface area contributed by atoms with E-state index in [1.165, 1.54) is 0 Å². The minimum Gasteiger partial charge on any atom is -0.376 e. The summed E-state index contributed by atoms with van der Waals surface area (Å²) in [5.74, 6) is -0.0274. The van der Waals surface area contributed by atoms with Crippen molar-refractivity contribution in [3.05, 3.63) is 29.3 Å². The summed E-state index contributed by atoms with van der Waals surface area (Å²) in [7, 11) is 1.73. The Balaban J connectivity index is 2.73. The Morgan fingerprint density at radius 2 is 2.00 bits per heavy atom. The van der Waals surface area contributed by atoms with Crippen molar-refractivity contribution < 1.29 is 4.79 Å². The lowest BCUT2D eigenvalue weighted by molar-refractivity contribution is -0.127. The van der Waals surface area contributed by atoms with Gasteiger partial charge in [0.05, 0.1) is 17.7 Å². The molecule has 92 valence electrons. The van der Waals surface area contributed by atoms with Crippen LogP contribution in [-0.2, 0) is 4.79 Å². The summed E-state index contributed by atoms with van der Waals surface area (Å²) >= 11 is 0. The van der Waals surface area contributed by atoms with Gasteiger partial charge in [-0.15, -0.1) is 0 Å². The molecule has 1 amide bonds. The summed E-state index contributed by atoms with van der Waals surface area (Å²) in [5, 5.41) is 20.6. The molecule has 0 aromatic heterocycles. The zero-order valence-corrected chi connectivity index (χ0v) is 10.4. The van der Waals surface area contributed by atoms with Crippen molar-refractivity contribution in [3.63, 3.8) is 0 Å². The molecule has 0 saturated carbocycles. The highest BCUT2D eigenvalue weighted by Gasteiger charge is 2.07. The molecule has 1 N–H and O–H groups in total. The van der Waals surface area contributed by atoms with Crippen LogP contribution < -0.4 is 5.32 Å². The quantitative estimate of drug-likeness (QED) is 0.863. The first-order valence-electron chi connectivity index (χ1n) is 5.54. The van der Waals surface area contributed by atoms with Gasteiger partial charge in [0.25, 0.3) is 0 Å². The number of benzene rings is 1. The summed E-state index contributed by atoms with van der Waals surface area (Å²) in [6.45, 7) is 2.71. The molecule has 0 atom stereocenters. The van der Waals surface area contributed by atoms with E-state index in [0.717, 1.165) is 0 Å². The van der Waals surface area contributed by atoms with Crippen LogP contribution >= 0.6 is 0 Å². The van der Waals surface area contributed by atoms with E-state index in [-0.39, 0.29) is 12.5 Å². The highest BCUT2D eigenvalue weighted by molar-refractivity contribution is 5.80. The van der Waals surface area contributed by atoms with Gasteiger partial charge in [-0.3, -0.25) is 4.79 Å². The molecule has 0 aliphatic carbocycles. The molecule has 5 nitrogen and oxygen atoms in total. The smallest absolute Gasteiger partial charge is 0.241 e. The van der Waals surface area contributed by atoms with Crippen LogP contribution in [0.5, 0.6) is 0 Å². The van der Waals surface area contributed by atoms with Crippen LogP contribution in [0.3, 0.4) is 0 Å². The van der Waals surface area contributed by atoms with Crippen LogP contribution in [0, 0.1) is 22.7 Å². The third-order valence-electron chi connectivity index (χ3n) is 2.60. The maximum atomic E-state index is 11.6. The van der Waals surface area contributed by atoms with Gasteiger partial charge in [-0.25, -0.2) is 0 Å². The number of anilines is 1. The molecule has 0 saturated heterocycles. The Hall–Kier alpha value is -2.53. The van der Waals surface area contributed by atoms with Crippen LogP contribution in [0.25, 0.3) is 0 Å². The lowest BCUT2D eigenvalue weighted by Gasteiger charge is -2.15. The van der Waals surface area contributed by atoms with E-state index in [2.05, 4.69) is 5.32 Å². The van der Waals surface area contributed by atoms with Crippen molar-refractivity contribution in [2.24, 2.45) is 0 Å². The van der Waals surface area contributed by atoms with Crippen LogP contribution in [0.1, 0.15) is 18.1 Å². The van der Waals surface area contributed by atoms with E-state index in [9.17, 15) is 4.79 Å². The van der Waals surface area contributed by atoms with Gasteiger partial charge in [0, 0.05) is 19.3 Å². The second-order valence-electron chi connectivity index (χ2n) is 3.75. The van der Waals surface area contributed by atoms with Crippen LogP contribution in [0.4, 0.5) is 5.69 Å². The molecule has 0 aliphatic heterocycles. The average molecular weight is 242 g/mol. The third kappa shape index (κ3) is 3.23. The summed E-state index contributed by atoms with van der Waals surface area (Å²) in [4.78, 5) is 13.2. The summed E-state index contributed by atoms with van der Waals surface area (Å²) in [6.07, 6.45) is 0. The number of carbonyl (C=O) groups excluding carboxylic acids is 1. The Morgan fingerprint density at radius 3 is 2.56 bits per heavy atom. The molecule has 1 aromatic rings. The number of nitriles is 2. The molecule has 18 heavy (non-hydrogen) atoms. The molecule has 0 bridgehead atoms. The second-order valence-corrected chi connectivity index (χ2v) is 3.75. The fourth-order valence-corrected chi connectivity index (χ4v) is 1.33. The molecule has 1 rings (SSSR count). The predicted octanol–water partition coefficient (Wildman–Crippen LogP) is 1.32. The lowest BCUT2D eigenvalue weighted by atomic mass is 10.1. The zero-order chi connectivity index (χ0) is 13.5. The molecule has 0 radical (unpaired) electrons. The van der Waals surface area contributed by atoms with Gasteiger partial charge in [-0.1, -0.05) is 0 Å². The molecule has 0 heterocycles. The van der Waals surface area contributed by atoms with Gasteiger partial charge < -0.3 is 10.2 Å². The van der Waals surface area contributed by atoms with Crippen molar-refractivity contribution in [1.82, 2.24) is 4.90 Å². The number of rotatable bonds is 4. The summed E-state index contributed by atoms with van der Waals surface area (Å²) in [5.41, 5.74) is 1.29. The van der Waals surface area contributed by atoms with Crippen LogP contribution in [0.15, 0.2) is 18.2 Å². The van der Waals surface area contributed by atoms with Gasteiger partial charge >= 0.3 is 0 Å². The molecule has 1 aromatic carbocycles. The number of nitrogens with zero attached hydrogens (tertiary/aromatic N) is 3. The number of carbonyl (C=O) groups is 1. The Bertz CT molecular complexity index is 525. The third-order valence-corrected chi connectivity index (χ3v) is 2.60. The Morgan fingerprint density at radius 1 is 1.33 bits per heavy atom. The lowest BCUT2D eigenvalue weighted by Crippen LogP contribution is -2.31. The molecule has 0 unspecified atom stereocenters. The molecule has 0 aliphatic rings. The normalized spacial score (nSPS) is 9.11. The van der Waals surface area contributed by atoms with Crippen molar-refractivity contribution in [2.75, 3.05) is 25.5 Å². The first kappa shape index (κ1) is 13.5. The van der Waals surface area contributed by atoms with E-state index in [4.69, 9.17) is 10.5 Å². The number of amides is 1. The largest absolute Gasteiger partial charge is 0.376 e. The summed E-state index contributed by atoms with van der Waals surface area (Å²) in [6, 6.07) is 8.70. The predicted molar refractivity (Wildman–Crippen MR) is 67.7 cm³/mol. The minimum atomic E-state index is -0.0274. The van der Waals surface area contributed by atoms with Crippen LogP contribution in [0.2, 0.25) is 0 Å². The topological polar surface area (TPSA) is 79.9 Å². The van der Waals surface area contributed by atoms with E-state index < -0.39 is 0 Å². The van der Waals surface area contributed by atoms with Gasteiger partial charge in [-0.2, -0.15) is 10.5 Å². The Kier molecular flexibility index (Phi) is 4.71. The van der Waals surface area contributed by atoms with Gasteiger partial charge in [0.15, 0.2) is 0 Å². The molecular weight excluding hydrogens is 228 g/mol. The van der Waals surface area contributed by atoms with E-state index in [1.807, 2.05) is 19.1 Å². The highest BCUT2D eigenvalue weighted by atomic mass is 16.2. The SMILES string of the molecule is CCN(C)C(=O)CNc1ccc(C#N)c(C#N)c1. The van der Waals surface area contributed by atoms with Gasteiger partial charge in [0.1, 0.15) is 12.1 Å². The fourth-order valence-electron chi connectivity index (χ4n) is 1.33. The zero-order valence-electron chi connectivity index (χ0n) is 10.4. The van der Waals surface area contributed by atoms with Crippen molar-refractivity contribution in [3.8, 4) is 12.1 Å². The minimum absolute atomic E-state index is 0.0274.